The monoisotopic (exact) mass is 331 g/mol. The lowest BCUT2D eigenvalue weighted by atomic mass is 9.95. The molecule has 100 valence electrons. The van der Waals surface area contributed by atoms with Gasteiger partial charge in [0.2, 0.25) is 0 Å². The number of hydrogen-bond donors (Lipinski definition) is 0. The fraction of sp³-hybridized carbons (Fsp3) is 0.615. The molecule has 5 heteroatoms. The third-order valence-corrected chi connectivity index (χ3v) is 5.16. The number of methoxy groups -OCH3 is 1. The van der Waals surface area contributed by atoms with Crippen LogP contribution in [0.25, 0.3) is 0 Å². The number of rotatable bonds is 4. The summed E-state index contributed by atoms with van der Waals surface area (Å²) in [7, 11) is 1.75. The maximum Gasteiger partial charge on any atom is 0.186 e. The summed E-state index contributed by atoms with van der Waals surface area (Å²) in [5.41, 5.74) is 0. The minimum Gasteiger partial charge on any atom is -0.380 e. The number of carbonyl (C=O) groups is 1. The molecule has 3 nitrogen and oxygen atoms in total. The van der Waals surface area contributed by atoms with Gasteiger partial charge in [0.05, 0.1) is 21.3 Å². The van der Waals surface area contributed by atoms with Gasteiger partial charge in [-0.25, -0.2) is 0 Å². The summed E-state index contributed by atoms with van der Waals surface area (Å²) in [6, 6.07) is 3.81. The fourth-order valence-electron chi connectivity index (χ4n) is 2.29. The van der Waals surface area contributed by atoms with Gasteiger partial charge < -0.3 is 4.74 Å². The molecule has 0 N–H and O–H groups in total. The first-order valence-electron chi connectivity index (χ1n) is 6.14. The Morgan fingerprint density at radius 3 is 3.00 bits per heavy atom. The van der Waals surface area contributed by atoms with E-state index in [0.717, 1.165) is 28.2 Å². The van der Waals surface area contributed by atoms with Crippen molar-refractivity contribution >= 4 is 33.0 Å². The Kier molecular flexibility index (Phi) is 4.95. The van der Waals surface area contributed by atoms with Crippen LogP contribution in [0.1, 0.15) is 23.0 Å². The zero-order chi connectivity index (χ0) is 13.1. The van der Waals surface area contributed by atoms with Crippen LogP contribution < -0.4 is 0 Å². The van der Waals surface area contributed by atoms with Gasteiger partial charge in [-0.05, 0) is 46.9 Å². The van der Waals surface area contributed by atoms with E-state index < -0.39 is 0 Å². The molecule has 0 radical (unpaired) electrons. The zero-order valence-corrected chi connectivity index (χ0v) is 13.1. The Bertz CT molecular complexity index is 421. The second-order valence-electron chi connectivity index (χ2n) is 4.80. The molecular weight excluding hydrogens is 314 g/mol. The maximum absolute atomic E-state index is 12.1. The Hall–Kier alpha value is -0.230. The van der Waals surface area contributed by atoms with Crippen molar-refractivity contribution in [2.45, 2.75) is 19.4 Å². The van der Waals surface area contributed by atoms with E-state index >= 15 is 0 Å². The summed E-state index contributed by atoms with van der Waals surface area (Å²) in [4.78, 5) is 15.1. The molecule has 2 atom stereocenters. The van der Waals surface area contributed by atoms with Crippen LogP contribution in [0.5, 0.6) is 0 Å². The lowest BCUT2D eigenvalue weighted by molar-refractivity contribution is -0.00320. The molecule has 18 heavy (non-hydrogen) atoms. The summed E-state index contributed by atoms with van der Waals surface area (Å²) < 4.78 is 6.47. The summed E-state index contributed by atoms with van der Waals surface area (Å²) in [5.74, 6) is 0.785. The first-order chi connectivity index (χ1) is 8.60. The SMILES string of the molecule is COC1CN(CC(=O)c2ccc(Br)s2)CCC1C. The van der Waals surface area contributed by atoms with E-state index in [1.165, 1.54) is 11.3 Å². The number of carbonyl (C=O) groups excluding carboxylic acids is 1. The van der Waals surface area contributed by atoms with E-state index in [2.05, 4.69) is 27.8 Å². The average molecular weight is 332 g/mol. The topological polar surface area (TPSA) is 29.5 Å². The van der Waals surface area contributed by atoms with Crippen molar-refractivity contribution in [2.75, 3.05) is 26.7 Å². The van der Waals surface area contributed by atoms with Crippen molar-refractivity contribution in [2.24, 2.45) is 5.92 Å². The van der Waals surface area contributed by atoms with Gasteiger partial charge >= 0.3 is 0 Å². The van der Waals surface area contributed by atoms with Crippen molar-refractivity contribution in [1.29, 1.82) is 0 Å². The van der Waals surface area contributed by atoms with E-state index in [1.807, 2.05) is 12.1 Å². The average Bonchev–Trinajstić information content (AvgIpc) is 2.78. The van der Waals surface area contributed by atoms with Crippen LogP contribution in [-0.4, -0.2) is 43.5 Å². The number of halogens is 1. The second-order valence-corrected chi connectivity index (χ2v) is 7.27. The third-order valence-electron chi connectivity index (χ3n) is 3.49. The number of hydrogen-bond acceptors (Lipinski definition) is 4. The van der Waals surface area contributed by atoms with E-state index in [0.29, 0.717) is 12.5 Å². The first kappa shape index (κ1) is 14.2. The van der Waals surface area contributed by atoms with Gasteiger partial charge in [-0.2, -0.15) is 0 Å². The molecule has 1 fully saturated rings. The minimum atomic E-state index is 0.204. The number of ketones is 1. The van der Waals surface area contributed by atoms with E-state index in [9.17, 15) is 4.79 Å². The molecule has 1 saturated heterocycles. The molecular formula is C13H18BrNO2S. The molecule has 1 aromatic heterocycles. The molecule has 1 aromatic rings. The van der Waals surface area contributed by atoms with Crippen LogP contribution in [0, 0.1) is 5.92 Å². The van der Waals surface area contributed by atoms with Crippen LogP contribution in [0.15, 0.2) is 15.9 Å². The van der Waals surface area contributed by atoms with Gasteiger partial charge in [-0.15, -0.1) is 11.3 Å². The summed E-state index contributed by atoms with van der Waals surface area (Å²) in [6.45, 7) is 4.55. The van der Waals surface area contributed by atoms with Crippen molar-refractivity contribution in [1.82, 2.24) is 4.90 Å². The van der Waals surface area contributed by atoms with Gasteiger partial charge in [0.1, 0.15) is 0 Å². The Morgan fingerprint density at radius 1 is 1.61 bits per heavy atom. The van der Waals surface area contributed by atoms with Crippen LogP contribution in [-0.2, 0) is 4.74 Å². The van der Waals surface area contributed by atoms with Crippen molar-refractivity contribution in [3.05, 3.63) is 20.8 Å². The molecule has 1 aliphatic rings. The van der Waals surface area contributed by atoms with E-state index in [1.54, 1.807) is 7.11 Å². The number of thiophene rings is 1. The van der Waals surface area contributed by atoms with Crippen LogP contribution in [0.4, 0.5) is 0 Å². The van der Waals surface area contributed by atoms with Crippen molar-refractivity contribution < 1.29 is 9.53 Å². The van der Waals surface area contributed by atoms with Crippen LogP contribution in [0.3, 0.4) is 0 Å². The fourth-order valence-corrected chi connectivity index (χ4v) is 3.61. The molecule has 0 spiro atoms. The quantitative estimate of drug-likeness (QED) is 0.794. The smallest absolute Gasteiger partial charge is 0.186 e. The van der Waals surface area contributed by atoms with Gasteiger partial charge in [-0.1, -0.05) is 6.92 Å². The molecule has 0 aromatic carbocycles. The van der Waals surface area contributed by atoms with Gasteiger partial charge in [0.15, 0.2) is 5.78 Å². The number of piperidine rings is 1. The van der Waals surface area contributed by atoms with Gasteiger partial charge in [0, 0.05) is 13.7 Å². The molecule has 2 rings (SSSR count). The maximum atomic E-state index is 12.1. The van der Waals surface area contributed by atoms with Crippen molar-refractivity contribution in [3.63, 3.8) is 0 Å². The van der Waals surface area contributed by atoms with Crippen LogP contribution >= 0.6 is 27.3 Å². The number of likely N-dealkylation sites (tertiary alicyclic amines) is 1. The molecule has 2 unspecified atom stereocenters. The summed E-state index contributed by atoms with van der Waals surface area (Å²) in [6.07, 6.45) is 1.35. The Morgan fingerprint density at radius 2 is 2.39 bits per heavy atom. The largest absolute Gasteiger partial charge is 0.380 e. The van der Waals surface area contributed by atoms with E-state index in [4.69, 9.17) is 4.74 Å². The first-order valence-corrected chi connectivity index (χ1v) is 7.74. The molecule has 1 aliphatic heterocycles. The zero-order valence-electron chi connectivity index (χ0n) is 10.7. The predicted molar refractivity (Wildman–Crippen MR) is 77.4 cm³/mol. The Balaban J connectivity index is 1.92. The predicted octanol–water partition coefficient (Wildman–Crippen LogP) is 3.05. The molecule has 2 heterocycles. The highest BCUT2D eigenvalue weighted by atomic mass is 79.9. The number of Topliss-reactive ketones (excluding diaryl/α,β-unsaturated/α-hetero) is 1. The summed E-state index contributed by atoms with van der Waals surface area (Å²) in [5, 5.41) is 0. The molecule has 0 bridgehead atoms. The standard InChI is InChI=1S/C13H18BrNO2S/c1-9-5-6-15(8-11(9)17-2)7-10(16)12-3-4-13(14)18-12/h3-4,9,11H,5-8H2,1-2H3. The third kappa shape index (κ3) is 3.41. The van der Waals surface area contributed by atoms with E-state index in [-0.39, 0.29) is 11.9 Å². The van der Waals surface area contributed by atoms with Gasteiger partial charge in [0.25, 0.3) is 0 Å². The number of ether oxygens (including phenoxy) is 1. The molecule has 0 saturated carbocycles. The van der Waals surface area contributed by atoms with Crippen molar-refractivity contribution in [3.8, 4) is 0 Å². The molecule has 0 aliphatic carbocycles. The summed E-state index contributed by atoms with van der Waals surface area (Å²) >= 11 is 4.89. The Labute approximate surface area is 120 Å². The minimum absolute atomic E-state index is 0.204. The lowest BCUT2D eigenvalue weighted by Gasteiger charge is -2.35. The highest BCUT2D eigenvalue weighted by molar-refractivity contribution is 9.11. The second kappa shape index (κ2) is 6.28. The normalized spacial score (nSPS) is 25.3. The lowest BCUT2D eigenvalue weighted by Crippen LogP contribution is -2.45. The number of nitrogens with zero attached hydrogens (tertiary/aromatic N) is 1. The van der Waals surface area contributed by atoms with Crippen LogP contribution in [0.2, 0.25) is 0 Å². The highest BCUT2D eigenvalue weighted by Crippen LogP contribution is 2.24. The molecule has 0 amide bonds. The van der Waals surface area contributed by atoms with Gasteiger partial charge in [-0.3, -0.25) is 9.69 Å². The highest BCUT2D eigenvalue weighted by Gasteiger charge is 2.27.